The lowest BCUT2D eigenvalue weighted by Gasteiger charge is -2.15. The van der Waals surface area contributed by atoms with E-state index < -0.39 is 11.7 Å². The van der Waals surface area contributed by atoms with E-state index >= 15 is 0 Å². The van der Waals surface area contributed by atoms with Gasteiger partial charge in [-0.15, -0.1) is 11.3 Å². The van der Waals surface area contributed by atoms with Crippen LogP contribution in [-0.4, -0.2) is 16.7 Å². The Hall–Kier alpha value is -1.96. The second kappa shape index (κ2) is 9.66. The lowest BCUT2D eigenvalue weighted by atomic mass is 10.1. The summed E-state index contributed by atoms with van der Waals surface area (Å²) < 4.78 is 45.4. The largest absolute Gasteiger partial charge is 0.493 e. The highest BCUT2D eigenvalue weighted by Gasteiger charge is 2.34. The molecule has 0 radical (unpaired) electrons. The summed E-state index contributed by atoms with van der Waals surface area (Å²) in [7, 11) is 0. The molecule has 0 fully saturated rings. The van der Waals surface area contributed by atoms with E-state index in [2.05, 4.69) is 17.2 Å². The van der Waals surface area contributed by atoms with Crippen molar-refractivity contribution < 1.29 is 23.0 Å². The number of ether oxygens (including phenoxy) is 1. The van der Waals surface area contributed by atoms with Gasteiger partial charge < -0.3 is 15.2 Å². The van der Waals surface area contributed by atoms with Gasteiger partial charge >= 0.3 is 6.18 Å². The normalized spacial score (nSPS) is 11.5. The number of hydrogen-bond acceptors (Lipinski definition) is 5. The predicted molar refractivity (Wildman–Crippen MR) is 97.4 cm³/mol. The molecule has 2 aromatic rings. The number of hydrogen-bond donors (Lipinski definition) is 2. The molecule has 144 valence electrons. The van der Waals surface area contributed by atoms with Crippen LogP contribution in [0.3, 0.4) is 0 Å². The molecule has 0 bridgehead atoms. The summed E-state index contributed by atoms with van der Waals surface area (Å²) >= 11 is 1.10. The molecule has 0 saturated carbocycles. The molecule has 0 atom stereocenters. The standard InChI is InChI=1S/C18H23F3N2O2S/c1-2-3-4-5-6-7-10-25-15-9-8-13(11-14(15)18(19,20)21)22-17-23-16(24)12-26-17/h8-9,11-12,24H,2-7,10H2,1H3,(H,22,23). The summed E-state index contributed by atoms with van der Waals surface area (Å²) in [6.45, 7) is 2.40. The van der Waals surface area contributed by atoms with Gasteiger partial charge in [0.15, 0.2) is 5.13 Å². The van der Waals surface area contributed by atoms with Crippen molar-refractivity contribution in [1.29, 1.82) is 0 Å². The number of anilines is 2. The van der Waals surface area contributed by atoms with Crippen molar-refractivity contribution >= 4 is 22.2 Å². The van der Waals surface area contributed by atoms with Crippen LogP contribution >= 0.6 is 11.3 Å². The fourth-order valence-electron chi connectivity index (χ4n) is 2.47. The van der Waals surface area contributed by atoms with Crippen LogP contribution in [0.1, 0.15) is 51.0 Å². The zero-order chi connectivity index (χ0) is 19.0. The number of aromatic nitrogens is 1. The highest BCUT2D eigenvalue weighted by molar-refractivity contribution is 7.13. The van der Waals surface area contributed by atoms with Crippen LogP contribution in [0.25, 0.3) is 0 Å². The van der Waals surface area contributed by atoms with Gasteiger partial charge in [-0.25, -0.2) is 0 Å². The third-order valence-corrected chi connectivity index (χ3v) is 4.53. The molecule has 4 nitrogen and oxygen atoms in total. The number of benzene rings is 1. The minimum atomic E-state index is -4.51. The summed E-state index contributed by atoms with van der Waals surface area (Å²) in [5, 5.41) is 13.7. The number of alkyl halides is 3. The van der Waals surface area contributed by atoms with Gasteiger partial charge in [-0.3, -0.25) is 0 Å². The maximum absolute atomic E-state index is 13.3. The van der Waals surface area contributed by atoms with E-state index in [-0.39, 0.29) is 23.9 Å². The molecule has 26 heavy (non-hydrogen) atoms. The van der Waals surface area contributed by atoms with Crippen molar-refractivity contribution in [3.8, 4) is 11.6 Å². The number of aromatic hydroxyl groups is 1. The number of halogens is 3. The maximum Gasteiger partial charge on any atom is 0.420 e. The van der Waals surface area contributed by atoms with Crippen molar-refractivity contribution in [2.45, 2.75) is 51.6 Å². The van der Waals surface area contributed by atoms with Crippen LogP contribution in [0, 0.1) is 0 Å². The number of thiazole rings is 1. The average Bonchev–Trinajstić information content (AvgIpc) is 2.99. The summed E-state index contributed by atoms with van der Waals surface area (Å²) in [4.78, 5) is 3.76. The number of nitrogens with one attached hydrogen (secondary N) is 1. The van der Waals surface area contributed by atoms with Gasteiger partial charge in [-0.1, -0.05) is 39.0 Å². The van der Waals surface area contributed by atoms with Crippen LogP contribution in [0.4, 0.5) is 24.0 Å². The van der Waals surface area contributed by atoms with Gasteiger partial charge in [0.1, 0.15) is 5.75 Å². The molecule has 0 saturated heterocycles. The minimum absolute atomic E-state index is 0.168. The second-order valence-corrected chi connectivity index (χ2v) is 6.82. The van der Waals surface area contributed by atoms with Crippen molar-refractivity contribution in [2.75, 3.05) is 11.9 Å². The van der Waals surface area contributed by atoms with E-state index in [1.54, 1.807) is 0 Å². The van der Waals surface area contributed by atoms with E-state index in [1.165, 1.54) is 23.9 Å². The van der Waals surface area contributed by atoms with Crippen LogP contribution in [0.15, 0.2) is 23.6 Å². The lowest BCUT2D eigenvalue weighted by Crippen LogP contribution is -2.10. The van der Waals surface area contributed by atoms with E-state index in [0.29, 0.717) is 5.13 Å². The third-order valence-electron chi connectivity index (χ3n) is 3.78. The Morgan fingerprint density at radius 3 is 2.54 bits per heavy atom. The summed E-state index contributed by atoms with van der Waals surface area (Å²) in [5.74, 6) is -0.342. The van der Waals surface area contributed by atoms with Crippen molar-refractivity contribution in [3.63, 3.8) is 0 Å². The van der Waals surface area contributed by atoms with E-state index in [1.807, 2.05) is 0 Å². The molecule has 0 amide bonds. The Morgan fingerprint density at radius 2 is 1.88 bits per heavy atom. The van der Waals surface area contributed by atoms with Crippen molar-refractivity contribution in [2.24, 2.45) is 0 Å². The minimum Gasteiger partial charge on any atom is -0.493 e. The Labute approximate surface area is 155 Å². The monoisotopic (exact) mass is 388 g/mol. The molecule has 0 spiro atoms. The molecule has 1 aromatic heterocycles. The quantitative estimate of drug-likeness (QED) is 0.466. The van der Waals surface area contributed by atoms with Gasteiger partial charge in [-0.05, 0) is 24.6 Å². The Morgan fingerprint density at radius 1 is 1.15 bits per heavy atom. The van der Waals surface area contributed by atoms with Crippen LogP contribution in [0.2, 0.25) is 0 Å². The first-order valence-corrected chi connectivity index (χ1v) is 9.53. The zero-order valence-electron chi connectivity index (χ0n) is 14.6. The van der Waals surface area contributed by atoms with E-state index in [9.17, 15) is 18.3 Å². The van der Waals surface area contributed by atoms with Gasteiger partial charge in [0.2, 0.25) is 5.88 Å². The van der Waals surface area contributed by atoms with Crippen LogP contribution in [-0.2, 0) is 6.18 Å². The number of rotatable bonds is 10. The smallest absolute Gasteiger partial charge is 0.420 e. The molecule has 8 heteroatoms. The van der Waals surface area contributed by atoms with Crippen LogP contribution < -0.4 is 10.1 Å². The van der Waals surface area contributed by atoms with E-state index in [4.69, 9.17) is 4.74 Å². The predicted octanol–water partition coefficient (Wildman–Crippen LogP) is 6.35. The lowest BCUT2D eigenvalue weighted by molar-refractivity contribution is -0.138. The fourth-order valence-corrected chi connectivity index (χ4v) is 3.06. The third kappa shape index (κ3) is 6.40. The molecule has 1 heterocycles. The van der Waals surface area contributed by atoms with Crippen LogP contribution in [0.5, 0.6) is 11.6 Å². The first-order chi connectivity index (χ1) is 12.4. The van der Waals surface area contributed by atoms with Gasteiger partial charge in [-0.2, -0.15) is 18.2 Å². The van der Waals surface area contributed by atoms with E-state index in [0.717, 1.165) is 49.5 Å². The molecule has 0 aliphatic heterocycles. The van der Waals surface area contributed by atoms with Gasteiger partial charge in [0, 0.05) is 5.69 Å². The van der Waals surface area contributed by atoms with Gasteiger partial charge in [0.05, 0.1) is 17.6 Å². The fraction of sp³-hybridized carbons (Fsp3) is 0.500. The molecule has 2 N–H and O–H groups in total. The Balaban J connectivity index is 1.97. The summed E-state index contributed by atoms with van der Waals surface area (Å²) in [6, 6.07) is 3.81. The molecule has 2 rings (SSSR count). The summed E-state index contributed by atoms with van der Waals surface area (Å²) in [6.07, 6.45) is 1.74. The molecule has 0 aliphatic rings. The molecular weight excluding hydrogens is 365 g/mol. The van der Waals surface area contributed by atoms with Crippen molar-refractivity contribution in [3.05, 3.63) is 29.1 Å². The Kier molecular flexibility index (Phi) is 7.56. The highest BCUT2D eigenvalue weighted by Crippen LogP contribution is 2.38. The maximum atomic E-state index is 13.3. The van der Waals surface area contributed by atoms with Crippen molar-refractivity contribution in [1.82, 2.24) is 4.98 Å². The number of unbranched alkanes of at least 4 members (excludes halogenated alkanes) is 5. The number of nitrogens with zero attached hydrogens (tertiary/aromatic N) is 1. The first kappa shape index (κ1) is 20.4. The SMILES string of the molecule is CCCCCCCCOc1ccc(Nc2nc(O)cs2)cc1C(F)(F)F. The Bertz CT molecular complexity index is 689. The topological polar surface area (TPSA) is 54.4 Å². The molecule has 1 aromatic carbocycles. The molecule has 0 unspecified atom stereocenters. The molecule has 0 aliphatic carbocycles. The van der Waals surface area contributed by atoms with Gasteiger partial charge in [0.25, 0.3) is 0 Å². The molecular formula is C18H23F3N2O2S. The zero-order valence-corrected chi connectivity index (χ0v) is 15.4. The highest BCUT2D eigenvalue weighted by atomic mass is 32.1. The first-order valence-electron chi connectivity index (χ1n) is 8.65. The average molecular weight is 388 g/mol. The summed E-state index contributed by atoms with van der Waals surface area (Å²) in [5.41, 5.74) is -0.590. The second-order valence-electron chi connectivity index (χ2n) is 5.96.